The minimum atomic E-state index is 0.380. The van der Waals surface area contributed by atoms with Gasteiger partial charge in [-0.15, -0.1) is 0 Å². The lowest BCUT2D eigenvalue weighted by atomic mass is 9.82. The molecule has 2 rings (SSSR count). The summed E-state index contributed by atoms with van der Waals surface area (Å²) in [7, 11) is 0. The molecule has 0 saturated heterocycles. The van der Waals surface area contributed by atoms with Crippen LogP contribution in [0.5, 0.6) is 0 Å². The average Bonchev–Trinajstić information content (AvgIpc) is 2.45. The fourth-order valence-corrected chi connectivity index (χ4v) is 3.52. The summed E-state index contributed by atoms with van der Waals surface area (Å²) >= 11 is 6.08. The first kappa shape index (κ1) is 14.9. The van der Waals surface area contributed by atoms with Crippen molar-refractivity contribution in [2.24, 2.45) is 5.92 Å². The van der Waals surface area contributed by atoms with Crippen molar-refractivity contribution in [3.63, 3.8) is 0 Å². The maximum atomic E-state index is 6.08. The molecule has 0 amide bonds. The van der Waals surface area contributed by atoms with Gasteiger partial charge >= 0.3 is 0 Å². The van der Waals surface area contributed by atoms with Crippen molar-refractivity contribution in [1.29, 1.82) is 0 Å². The van der Waals surface area contributed by atoms with E-state index in [0.29, 0.717) is 12.1 Å². The van der Waals surface area contributed by atoms with Gasteiger partial charge in [0, 0.05) is 17.1 Å². The van der Waals surface area contributed by atoms with Gasteiger partial charge in [0.25, 0.3) is 0 Å². The lowest BCUT2D eigenvalue weighted by molar-refractivity contribution is 0.249. The largest absolute Gasteiger partial charge is 0.307 e. The highest BCUT2D eigenvalue weighted by Crippen LogP contribution is 2.29. The first-order valence-corrected chi connectivity index (χ1v) is 8.10. The molecule has 0 radical (unpaired) electrons. The Morgan fingerprint density at radius 3 is 2.63 bits per heavy atom. The third-order valence-electron chi connectivity index (χ3n) is 4.47. The van der Waals surface area contributed by atoms with Gasteiger partial charge in [0.2, 0.25) is 0 Å². The first-order chi connectivity index (χ1) is 9.20. The Morgan fingerprint density at radius 2 is 2.00 bits per heavy atom. The molecular formula is C17H26ClN. The number of hydrogen-bond donors (Lipinski definition) is 1. The van der Waals surface area contributed by atoms with Gasteiger partial charge in [-0.2, -0.15) is 0 Å². The van der Waals surface area contributed by atoms with Crippen molar-refractivity contribution >= 4 is 11.6 Å². The van der Waals surface area contributed by atoms with E-state index >= 15 is 0 Å². The summed E-state index contributed by atoms with van der Waals surface area (Å²) in [5.74, 6) is 0.861. The number of nitrogens with one attached hydrogen (secondary N) is 1. The highest BCUT2D eigenvalue weighted by Gasteiger charge is 2.23. The monoisotopic (exact) mass is 279 g/mol. The van der Waals surface area contributed by atoms with E-state index in [9.17, 15) is 0 Å². The molecule has 2 unspecified atom stereocenters. The standard InChI is InChI=1S/C17H26ClN/c1-3-17(14-8-5-4-6-9-14)19-13(2)15-10-7-11-16(18)12-15/h7,10-14,17,19H,3-6,8-9H2,1-2H3. The van der Waals surface area contributed by atoms with Crippen LogP contribution in [0.15, 0.2) is 24.3 Å². The summed E-state index contributed by atoms with van der Waals surface area (Å²) < 4.78 is 0. The van der Waals surface area contributed by atoms with E-state index in [0.717, 1.165) is 10.9 Å². The minimum absolute atomic E-state index is 0.380. The number of halogens is 1. The zero-order valence-electron chi connectivity index (χ0n) is 12.2. The SMILES string of the molecule is CCC(NC(C)c1cccc(Cl)c1)C1CCCCC1. The van der Waals surface area contributed by atoms with Crippen molar-refractivity contribution < 1.29 is 0 Å². The summed E-state index contributed by atoms with van der Waals surface area (Å²) in [6, 6.07) is 9.25. The van der Waals surface area contributed by atoms with Crippen LogP contribution in [0.1, 0.15) is 64.0 Å². The molecule has 1 aromatic rings. The zero-order valence-corrected chi connectivity index (χ0v) is 12.9. The third-order valence-corrected chi connectivity index (χ3v) is 4.71. The zero-order chi connectivity index (χ0) is 13.7. The molecule has 1 nitrogen and oxygen atoms in total. The Kier molecular flexibility index (Phi) is 5.72. The molecule has 1 aromatic carbocycles. The van der Waals surface area contributed by atoms with E-state index in [1.54, 1.807) is 0 Å². The molecular weight excluding hydrogens is 254 g/mol. The predicted octanol–water partition coefficient (Wildman–Crippen LogP) is 5.35. The minimum Gasteiger partial charge on any atom is -0.307 e. The molecule has 0 heterocycles. The fraction of sp³-hybridized carbons (Fsp3) is 0.647. The van der Waals surface area contributed by atoms with Crippen LogP contribution >= 0.6 is 11.6 Å². The Balaban J connectivity index is 1.97. The van der Waals surface area contributed by atoms with Crippen LogP contribution < -0.4 is 5.32 Å². The molecule has 1 aliphatic carbocycles. The molecule has 0 aliphatic heterocycles. The molecule has 19 heavy (non-hydrogen) atoms. The van der Waals surface area contributed by atoms with Crippen LogP contribution in [-0.4, -0.2) is 6.04 Å². The topological polar surface area (TPSA) is 12.0 Å². The molecule has 2 heteroatoms. The van der Waals surface area contributed by atoms with Gasteiger partial charge in [-0.05, 0) is 49.8 Å². The number of rotatable bonds is 5. The van der Waals surface area contributed by atoms with Crippen LogP contribution in [0, 0.1) is 5.92 Å². The molecule has 2 atom stereocenters. The fourth-order valence-electron chi connectivity index (χ4n) is 3.32. The average molecular weight is 280 g/mol. The van der Waals surface area contributed by atoms with E-state index in [4.69, 9.17) is 11.6 Å². The Morgan fingerprint density at radius 1 is 1.26 bits per heavy atom. The lowest BCUT2D eigenvalue weighted by Gasteiger charge is -2.32. The normalized spacial score (nSPS) is 20.2. The quantitative estimate of drug-likeness (QED) is 0.766. The highest BCUT2D eigenvalue weighted by molar-refractivity contribution is 6.30. The summed E-state index contributed by atoms with van der Waals surface area (Å²) in [4.78, 5) is 0. The Hall–Kier alpha value is -0.530. The lowest BCUT2D eigenvalue weighted by Crippen LogP contribution is -2.38. The van der Waals surface area contributed by atoms with Crippen molar-refractivity contribution in [2.75, 3.05) is 0 Å². The summed E-state index contributed by atoms with van der Waals surface area (Å²) in [5.41, 5.74) is 1.29. The van der Waals surface area contributed by atoms with Gasteiger partial charge in [-0.1, -0.05) is 49.9 Å². The molecule has 106 valence electrons. The van der Waals surface area contributed by atoms with E-state index in [-0.39, 0.29) is 0 Å². The van der Waals surface area contributed by atoms with Gasteiger partial charge < -0.3 is 5.32 Å². The summed E-state index contributed by atoms with van der Waals surface area (Å²) in [6.45, 7) is 4.55. The first-order valence-electron chi connectivity index (χ1n) is 7.72. The number of hydrogen-bond acceptors (Lipinski definition) is 1. The van der Waals surface area contributed by atoms with Gasteiger partial charge in [0.15, 0.2) is 0 Å². The second-order valence-electron chi connectivity index (χ2n) is 5.86. The third kappa shape index (κ3) is 4.22. The van der Waals surface area contributed by atoms with Crippen LogP contribution in [0.3, 0.4) is 0 Å². The van der Waals surface area contributed by atoms with E-state index in [1.807, 2.05) is 12.1 Å². The van der Waals surface area contributed by atoms with Crippen molar-refractivity contribution in [1.82, 2.24) is 5.32 Å². The van der Waals surface area contributed by atoms with Crippen LogP contribution in [0.4, 0.5) is 0 Å². The molecule has 1 N–H and O–H groups in total. The van der Waals surface area contributed by atoms with Crippen molar-refractivity contribution in [2.45, 2.75) is 64.5 Å². The highest BCUT2D eigenvalue weighted by atomic mass is 35.5. The van der Waals surface area contributed by atoms with Crippen LogP contribution in [0.2, 0.25) is 5.02 Å². The molecule has 1 saturated carbocycles. The van der Waals surface area contributed by atoms with Crippen molar-refractivity contribution in [3.8, 4) is 0 Å². The maximum Gasteiger partial charge on any atom is 0.0409 e. The van der Waals surface area contributed by atoms with Gasteiger partial charge in [0.1, 0.15) is 0 Å². The van der Waals surface area contributed by atoms with E-state index < -0.39 is 0 Å². The molecule has 1 aliphatic rings. The second kappa shape index (κ2) is 7.31. The maximum absolute atomic E-state index is 6.08. The van der Waals surface area contributed by atoms with Crippen molar-refractivity contribution in [3.05, 3.63) is 34.9 Å². The van der Waals surface area contributed by atoms with Crippen LogP contribution in [0.25, 0.3) is 0 Å². The predicted molar refractivity (Wildman–Crippen MR) is 83.7 cm³/mol. The Labute approximate surface area is 122 Å². The second-order valence-corrected chi connectivity index (χ2v) is 6.29. The molecule has 0 bridgehead atoms. The smallest absolute Gasteiger partial charge is 0.0409 e. The van der Waals surface area contributed by atoms with Crippen LogP contribution in [-0.2, 0) is 0 Å². The Bertz CT molecular complexity index is 385. The van der Waals surface area contributed by atoms with Gasteiger partial charge in [0.05, 0.1) is 0 Å². The molecule has 0 spiro atoms. The summed E-state index contributed by atoms with van der Waals surface area (Å²) in [6.07, 6.45) is 8.26. The van der Waals surface area contributed by atoms with E-state index in [2.05, 4.69) is 31.3 Å². The van der Waals surface area contributed by atoms with Gasteiger partial charge in [-0.3, -0.25) is 0 Å². The molecule has 1 fully saturated rings. The molecule has 0 aromatic heterocycles. The van der Waals surface area contributed by atoms with E-state index in [1.165, 1.54) is 44.1 Å². The summed E-state index contributed by atoms with van der Waals surface area (Å²) in [5, 5.41) is 4.65. The number of benzene rings is 1. The van der Waals surface area contributed by atoms with Gasteiger partial charge in [-0.25, -0.2) is 0 Å².